The molecule has 7 nitrogen and oxygen atoms in total. The summed E-state index contributed by atoms with van der Waals surface area (Å²) in [6.45, 7) is 0. The van der Waals surface area contributed by atoms with Crippen molar-refractivity contribution in [1.29, 1.82) is 0 Å². The number of benzene rings is 2. The van der Waals surface area contributed by atoms with Crippen molar-refractivity contribution in [2.24, 2.45) is 0 Å². The molecule has 0 bridgehead atoms. The normalized spacial score (nSPS) is 11.0. The van der Waals surface area contributed by atoms with Crippen LogP contribution in [-0.2, 0) is 0 Å². The van der Waals surface area contributed by atoms with Crippen LogP contribution in [0.4, 0.5) is 40.6 Å². The number of aromatic nitrogens is 4. The standard InChI is InChI=1S/C16H8F4N6O/c17-7-1-8(18)4-11(3-7)21-13-14(24-16-15(23-13)25-27-26-16)22-12-5-9(19)2-10(20)6-12/h1-6H,(H,21,23,25)(H,22,24,26). The second kappa shape index (κ2) is 6.52. The molecule has 2 aromatic carbocycles. The number of hydrogen-bond donors (Lipinski definition) is 2. The van der Waals surface area contributed by atoms with E-state index in [9.17, 15) is 17.6 Å². The van der Waals surface area contributed by atoms with E-state index >= 15 is 0 Å². The lowest BCUT2D eigenvalue weighted by molar-refractivity contribution is 0.314. The van der Waals surface area contributed by atoms with Gasteiger partial charge in [0.25, 0.3) is 0 Å². The van der Waals surface area contributed by atoms with Crippen LogP contribution in [0.2, 0.25) is 0 Å². The summed E-state index contributed by atoms with van der Waals surface area (Å²) < 4.78 is 58.2. The quantitative estimate of drug-likeness (QED) is 0.519. The van der Waals surface area contributed by atoms with Gasteiger partial charge in [0.15, 0.2) is 11.6 Å². The Balaban J connectivity index is 1.77. The van der Waals surface area contributed by atoms with E-state index in [4.69, 9.17) is 0 Å². The monoisotopic (exact) mass is 376 g/mol. The van der Waals surface area contributed by atoms with Gasteiger partial charge in [-0.1, -0.05) is 0 Å². The number of rotatable bonds is 4. The highest BCUT2D eigenvalue weighted by atomic mass is 19.1. The van der Waals surface area contributed by atoms with E-state index in [0.29, 0.717) is 12.1 Å². The summed E-state index contributed by atoms with van der Waals surface area (Å²) in [5, 5.41) is 12.4. The number of hydrogen-bond acceptors (Lipinski definition) is 7. The average Bonchev–Trinajstić information content (AvgIpc) is 3.00. The Labute approximate surface area is 148 Å². The SMILES string of the molecule is Fc1cc(F)cc(Nc2nc3nonc3nc2Nc2cc(F)cc(F)c2)c1. The zero-order valence-electron chi connectivity index (χ0n) is 13.2. The summed E-state index contributed by atoms with van der Waals surface area (Å²) in [5.41, 5.74) is 0.104. The van der Waals surface area contributed by atoms with Gasteiger partial charge in [-0.3, -0.25) is 0 Å². The summed E-state index contributed by atoms with van der Waals surface area (Å²) in [7, 11) is 0. The lowest BCUT2D eigenvalue weighted by Gasteiger charge is -2.12. The second-order valence-electron chi connectivity index (χ2n) is 5.40. The van der Waals surface area contributed by atoms with Crippen LogP contribution >= 0.6 is 0 Å². The van der Waals surface area contributed by atoms with Gasteiger partial charge < -0.3 is 10.6 Å². The van der Waals surface area contributed by atoms with Crippen LogP contribution in [0.1, 0.15) is 0 Å². The van der Waals surface area contributed by atoms with Gasteiger partial charge in [-0.25, -0.2) is 32.2 Å². The van der Waals surface area contributed by atoms with E-state index in [-0.39, 0.29) is 34.3 Å². The first-order chi connectivity index (χ1) is 13.0. The molecule has 0 aliphatic heterocycles. The topological polar surface area (TPSA) is 88.8 Å². The Bertz CT molecular complexity index is 1020. The molecular weight excluding hydrogens is 368 g/mol. The van der Waals surface area contributed by atoms with Crippen molar-refractivity contribution < 1.29 is 22.2 Å². The van der Waals surface area contributed by atoms with Crippen molar-refractivity contribution in [3.05, 3.63) is 59.7 Å². The minimum absolute atomic E-state index is 0.0188. The largest absolute Gasteiger partial charge is 0.337 e. The van der Waals surface area contributed by atoms with Gasteiger partial charge in [-0.2, -0.15) is 0 Å². The number of fused-ring (bicyclic) bond motifs is 1. The van der Waals surface area contributed by atoms with Crippen LogP contribution in [0, 0.1) is 23.3 Å². The highest BCUT2D eigenvalue weighted by Crippen LogP contribution is 2.28. The highest BCUT2D eigenvalue weighted by Gasteiger charge is 2.15. The van der Waals surface area contributed by atoms with Crippen molar-refractivity contribution in [2.45, 2.75) is 0 Å². The molecule has 0 spiro atoms. The summed E-state index contributed by atoms with van der Waals surface area (Å²) >= 11 is 0. The molecule has 2 heterocycles. The van der Waals surface area contributed by atoms with Crippen LogP contribution in [0.25, 0.3) is 11.3 Å². The third kappa shape index (κ3) is 3.61. The molecule has 0 fully saturated rings. The fraction of sp³-hybridized carbons (Fsp3) is 0. The predicted molar refractivity (Wildman–Crippen MR) is 86.7 cm³/mol. The molecule has 0 aliphatic rings. The Morgan fingerprint density at radius 1 is 0.593 bits per heavy atom. The van der Waals surface area contributed by atoms with Crippen molar-refractivity contribution in [1.82, 2.24) is 20.3 Å². The maximum atomic E-state index is 13.4. The lowest BCUT2D eigenvalue weighted by atomic mass is 10.3. The molecule has 0 saturated carbocycles. The smallest absolute Gasteiger partial charge is 0.245 e. The molecule has 0 unspecified atom stereocenters. The lowest BCUT2D eigenvalue weighted by Crippen LogP contribution is -2.04. The van der Waals surface area contributed by atoms with Crippen molar-refractivity contribution in [2.75, 3.05) is 10.6 Å². The predicted octanol–water partition coefficient (Wildman–Crippen LogP) is 4.06. The fourth-order valence-corrected chi connectivity index (χ4v) is 2.34. The van der Waals surface area contributed by atoms with Crippen LogP contribution in [0.3, 0.4) is 0 Å². The van der Waals surface area contributed by atoms with E-state index in [1.165, 1.54) is 0 Å². The third-order valence-electron chi connectivity index (χ3n) is 3.36. The molecule has 0 aliphatic carbocycles. The van der Waals surface area contributed by atoms with Crippen LogP contribution < -0.4 is 10.6 Å². The molecule has 2 aromatic heterocycles. The maximum absolute atomic E-state index is 13.4. The first-order valence-electron chi connectivity index (χ1n) is 7.43. The van der Waals surface area contributed by atoms with Gasteiger partial charge in [-0.15, -0.1) is 0 Å². The molecule has 2 N–H and O–H groups in total. The second-order valence-corrected chi connectivity index (χ2v) is 5.40. The molecule has 0 saturated heterocycles. The first kappa shape index (κ1) is 16.7. The van der Waals surface area contributed by atoms with E-state index < -0.39 is 23.3 Å². The zero-order valence-corrected chi connectivity index (χ0v) is 13.2. The number of anilines is 4. The van der Waals surface area contributed by atoms with Crippen LogP contribution in [-0.4, -0.2) is 20.3 Å². The molecule has 136 valence electrons. The molecule has 11 heteroatoms. The van der Waals surface area contributed by atoms with Gasteiger partial charge in [0, 0.05) is 23.5 Å². The van der Waals surface area contributed by atoms with Crippen molar-refractivity contribution >= 4 is 34.3 Å². The first-order valence-corrected chi connectivity index (χ1v) is 7.43. The van der Waals surface area contributed by atoms with Crippen LogP contribution in [0.5, 0.6) is 0 Å². The average molecular weight is 376 g/mol. The third-order valence-corrected chi connectivity index (χ3v) is 3.36. The number of nitrogens with zero attached hydrogens (tertiary/aromatic N) is 4. The van der Waals surface area contributed by atoms with Gasteiger partial charge in [0.1, 0.15) is 23.3 Å². The van der Waals surface area contributed by atoms with Crippen molar-refractivity contribution in [3.8, 4) is 0 Å². The highest BCUT2D eigenvalue weighted by molar-refractivity contribution is 5.79. The van der Waals surface area contributed by atoms with Gasteiger partial charge in [0.05, 0.1) is 0 Å². The molecule has 0 radical (unpaired) electrons. The number of halogens is 4. The van der Waals surface area contributed by atoms with Gasteiger partial charge in [-0.05, 0) is 34.6 Å². The Kier molecular flexibility index (Phi) is 4.03. The Hall–Kier alpha value is -3.76. The van der Waals surface area contributed by atoms with E-state index in [1.54, 1.807) is 0 Å². The summed E-state index contributed by atoms with van der Waals surface area (Å²) in [6.07, 6.45) is 0. The molecule has 0 atom stereocenters. The van der Waals surface area contributed by atoms with Gasteiger partial charge in [0.2, 0.25) is 11.3 Å². The maximum Gasteiger partial charge on any atom is 0.245 e. The molecular formula is C16H8F4N6O. The summed E-state index contributed by atoms with van der Waals surface area (Å²) in [6, 6.07) is 5.53. The molecule has 4 rings (SSSR count). The summed E-state index contributed by atoms with van der Waals surface area (Å²) in [5.74, 6) is -3.28. The van der Waals surface area contributed by atoms with Crippen LogP contribution in [0.15, 0.2) is 41.0 Å². The minimum atomic E-state index is -0.809. The zero-order chi connectivity index (χ0) is 19.0. The molecule has 27 heavy (non-hydrogen) atoms. The Morgan fingerprint density at radius 2 is 0.963 bits per heavy atom. The molecule has 0 amide bonds. The Morgan fingerprint density at radius 3 is 1.33 bits per heavy atom. The van der Waals surface area contributed by atoms with E-state index in [0.717, 1.165) is 24.3 Å². The van der Waals surface area contributed by atoms with E-state index in [2.05, 4.69) is 35.5 Å². The van der Waals surface area contributed by atoms with Crippen molar-refractivity contribution in [3.63, 3.8) is 0 Å². The summed E-state index contributed by atoms with van der Waals surface area (Å²) in [4.78, 5) is 8.19. The van der Waals surface area contributed by atoms with E-state index in [1.807, 2.05) is 0 Å². The minimum Gasteiger partial charge on any atom is -0.337 e. The van der Waals surface area contributed by atoms with Gasteiger partial charge >= 0.3 is 0 Å². The number of nitrogens with one attached hydrogen (secondary N) is 2. The molecule has 4 aromatic rings. The fourth-order valence-electron chi connectivity index (χ4n) is 2.34.